The number of benzene rings is 1. The average Bonchev–Trinajstić information content (AvgIpc) is 2.18. The molecule has 0 N–H and O–H groups in total. The van der Waals surface area contributed by atoms with Crippen molar-refractivity contribution in [3.63, 3.8) is 0 Å². The molecule has 0 bridgehead atoms. The molecule has 5 nitrogen and oxygen atoms in total. The number of hydrogen-bond donors (Lipinski definition) is 0. The maximum Gasteiger partial charge on any atom is 0.516 e. The van der Waals surface area contributed by atoms with Gasteiger partial charge in [-0.2, -0.15) is 0 Å². The van der Waals surface area contributed by atoms with Gasteiger partial charge in [0.25, 0.3) is 0 Å². The predicted molar refractivity (Wildman–Crippen MR) is 50.2 cm³/mol. The molecular weight excluding hydrogens is 200 g/mol. The van der Waals surface area contributed by atoms with Crippen molar-refractivity contribution in [2.24, 2.45) is 0 Å². The lowest BCUT2D eigenvalue weighted by atomic mass is 10.3. The highest BCUT2D eigenvalue weighted by Gasteiger charge is 2.05. The first-order valence-corrected chi connectivity index (χ1v) is 4.21. The molecule has 0 aliphatic rings. The summed E-state index contributed by atoms with van der Waals surface area (Å²) in [6, 6.07) is 8.43. The zero-order chi connectivity index (χ0) is 11.1. The fraction of sp³-hybridized carbons (Fsp3) is 0.200. The Balaban J connectivity index is 2.28. The molecule has 1 aromatic rings. The SMILES string of the molecule is CC(=O)OCOC(=O)Oc1ccccc1. The van der Waals surface area contributed by atoms with Crippen LogP contribution in [0.2, 0.25) is 0 Å². The van der Waals surface area contributed by atoms with Gasteiger partial charge in [-0.1, -0.05) is 18.2 Å². The minimum absolute atomic E-state index is 0.366. The summed E-state index contributed by atoms with van der Waals surface area (Å²) in [7, 11) is 0. The maximum atomic E-state index is 11.0. The highest BCUT2D eigenvalue weighted by molar-refractivity contribution is 5.66. The van der Waals surface area contributed by atoms with Crippen molar-refractivity contribution < 1.29 is 23.8 Å². The van der Waals surface area contributed by atoms with Crippen molar-refractivity contribution in [1.82, 2.24) is 0 Å². The molecule has 0 saturated heterocycles. The Hall–Kier alpha value is -2.04. The number of rotatable bonds is 3. The van der Waals surface area contributed by atoms with Gasteiger partial charge < -0.3 is 14.2 Å². The molecule has 80 valence electrons. The number of carbonyl (C=O) groups is 2. The first kappa shape index (κ1) is 11.0. The van der Waals surface area contributed by atoms with E-state index in [1.165, 1.54) is 6.92 Å². The average molecular weight is 210 g/mol. The van der Waals surface area contributed by atoms with Gasteiger partial charge in [0.2, 0.25) is 6.79 Å². The van der Waals surface area contributed by atoms with Gasteiger partial charge in [-0.3, -0.25) is 4.79 Å². The van der Waals surface area contributed by atoms with Crippen LogP contribution in [-0.2, 0) is 14.3 Å². The van der Waals surface area contributed by atoms with Gasteiger partial charge in [0.1, 0.15) is 5.75 Å². The Morgan fingerprint density at radius 1 is 1.13 bits per heavy atom. The molecule has 0 aliphatic heterocycles. The lowest BCUT2D eigenvalue weighted by Gasteiger charge is -2.04. The number of esters is 1. The largest absolute Gasteiger partial charge is 0.516 e. The van der Waals surface area contributed by atoms with E-state index in [4.69, 9.17) is 4.74 Å². The zero-order valence-electron chi connectivity index (χ0n) is 8.14. The lowest BCUT2D eigenvalue weighted by Crippen LogP contribution is -2.14. The van der Waals surface area contributed by atoms with E-state index in [-0.39, 0.29) is 0 Å². The van der Waals surface area contributed by atoms with E-state index in [2.05, 4.69) is 9.47 Å². The number of carbonyl (C=O) groups excluding carboxylic acids is 2. The van der Waals surface area contributed by atoms with Gasteiger partial charge in [0.05, 0.1) is 0 Å². The minimum Gasteiger partial charge on any atom is -0.428 e. The Morgan fingerprint density at radius 3 is 2.40 bits per heavy atom. The first-order chi connectivity index (χ1) is 7.18. The summed E-state index contributed by atoms with van der Waals surface area (Å²) in [6.45, 7) is 0.771. The number of ether oxygens (including phenoxy) is 3. The van der Waals surface area contributed by atoms with Crippen molar-refractivity contribution in [1.29, 1.82) is 0 Å². The summed E-state index contributed by atoms with van der Waals surface area (Å²) in [4.78, 5) is 21.3. The molecule has 0 fully saturated rings. The molecule has 1 aromatic carbocycles. The molecule has 5 heteroatoms. The monoisotopic (exact) mass is 210 g/mol. The molecule has 0 spiro atoms. The zero-order valence-corrected chi connectivity index (χ0v) is 8.14. The van der Waals surface area contributed by atoms with Crippen molar-refractivity contribution in [2.75, 3.05) is 6.79 Å². The van der Waals surface area contributed by atoms with Crippen LogP contribution in [0.3, 0.4) is 0 Å². The van der Waals surface area contributed by atoms with Gasteiger partial charge >= 0.3 is 12.1 Å². The maximum absolute atomic E-state index is 11.0. The molecule has 0 saturated carbocycles. The predicted octanol–water partition coefficient (Wildman–Crippen LogP) is 1.72. The van der Waals surface area contributed by atoms with E-state index < -0.39 is 18.9 Å². The smallest absolute Gasteiger partial charge is 0.428 e. The van der Waals surface area contributed by atoms with Crippen LogP contribution in [0.4, 0.5) is 4.79 Å². The summed E-state index contributed by atoms with van der Waals surface area (Å²) in [5, 5.41) is 0. The van der Waals surface area contributed by atoms with Crippen LogP contribution in [-0.4, -0.2) is 18.9 Å². The first-order valence-electron chi connectivity index (χ1n) is 4.21. The molecule has 0 heterocycles. The topological polar surface area (TPSA) is 61.8 Å². The van der Waals surface area contributed by atoms with E-state index in [0.29, 0.717) is 5.75 Å². The van der Waals surface area contributed by atoms with Crippen molar-refractivity contribution in [3.8, 4) is 5.75 Å². The highest BCUT2D eigenvalue weighted by atomic mass is 16.8. The lowest BCUT2D eigenvalue weighted by molar-refractivity contribution is -0.149. The quantitative estimate of drug-likeness (QED) is 0.432. The van der Waals surface area contributed by atoms with E-state index in [0.717, 1.165) is 0 Å². The fourth-order valence-corrected chi connectivity index (χ4v) is 0.775. The van der Waals surface area contributed by atoms with Crippen LogP contribution < -0.4 is 4.74 Å². The van der Waals surface area contributed by atoms with E-state index in [1.54, 1.807) is 30.3 Å². The van der Waals surface area contributed by atoms with Crippen molar-refractivity contribution in [3.05, 3.63) is 30.3 Å². The molecule has 0 aliphatic carbocycles. The summed E-state index contributed by atoms with van der Waals surface area (Å²) >= 11 is 0. The molecule has 0 amide bonds. The Bertz CT molecular complexity index is 333. The van der Waals surface area contributed by atoms with E-state index >= 15 is 0 Å². The van der Waals surface area contributed by atoms with E-state index in [9.17, 15) is 9.59 Å². The normalized spacial score (nSPS) is 9.13. The van der Waals surface area contributed by atoms with Crippen LogP contribution >= 0.6 is 0 Å². The summed E-state index contributed by atoms with van der Waals surface area (Å²) in [5.41, 5.74) is 0. The fourth-order valence-electron chi connectivity index (χ4n) is 0.775. The molecule has 1 rings (SSSR count). The van der Waals surface area contributed by atoms with Gasteiger partial charge in [-0.15, -0.1) is 0 Å². The van der Waals surface area contributed by atoms with Crippen molar-refractivity contribution >= 4 is 12.1 Å². The standard InChI is InChI=1S/C10H10O5/c1-8(11)13-7-14-10(12)15-9-5-3-2-4-6-9/h2-6H,7H2,1H3. The van der Waals surface area contributed by atoms with Crippen LogP contribution in [0.1, 0.15) is 6.92 Å². The Kier molecular flexibility index (Phi) is 4.15. The van der Waals surface area contributed by atoms with Crippen LogP contribution in [0.5, 0.6) is 5.75 Å². The van der Waals surface area contributed by atoms with Crippen LogP contribution in [0.15, 0.2) is 30.3 Å². The molecule has 0 aromatic heterocycles. The molecule has 15 heavy (non-hydrogen) atoms. The van der Waals surface area contributed by atoms with Gasteiger partial charge in [0, 0.05) is 6.92 Å². The summed E-state index contributed by atoms with van der Waals surface area (Å²) in [6.07, 6.45) is -0.914. The molecule has 0 radical (unpaired) electrons. The summed E-state index contributed by atoms with van der Waals surface area (Å²) < 4.78 is 13.6. The second-order valence-corrected chi connectivity index (χ2v) is 2.56. The minimum atomic E-state index is -0.914. The highest BCUT2D eigenvalue weighted by Crippen LogP contribution is 2.08. The second-order valence-electron chi connectivity index (χ2n) is 2.56. The van der Waals surface area contributed by atoms with Gasteiger partial charge in [-0.05, 0) is 12.1 Å². The molecule has 0 unspecified atom stereocenters. The second kappa shape index (κ2) is 5.64. The number of para-hydroxylation sites is 1. The third-order valence-electron chi connectivity index (χ3n) is 1.38. The van der Waals surface area contributed by atoms with Crippen LogP contribution in [0, 0.1) is 0 Å². The Morgan fingerprint density at radius 2 is 1.80 bits per heavy atom. The van der Waals surface area contributed by atoms with E-state index in [1.807, 2.05) is 0 Å². The van der Waals surface area contributed by atoms with Crippen LogP contribution in [0.25, 0.3) is 0 Å². The third kappa shape index (κ3) is 4.66. The summed E-state index contributed by atoms with van der Waals surface area (Å²) in [5.74, 6) is -0.159. The van der Waals surface area contributed by atoms with Crippen molar-refractivity contribution in [2.45, 2.75) is 6.92 Å². The number of hydrogen-bond acceptors (Lipinski definition) is 5. The van der Waals surface area contributed by atoms with Gasteiger partial charge in [-0.25, -0.2) is 4.79 Å². The third-order valence-corrected chi connectivity index (χ3v) is 1.38. The molecule has 0 atom stereocenters. The molecular formula is C10H10O5. The van der Waals surface area contributed by atoms with Gasteiger partial charge in [0.15, 0.2) is 0 Å². The Labute approximate surface area is 86.6 Å².